The summed E-state index contributed by atoms with van der Waals surface area (Å²) in [5.74, 6) is 1.57. The quantitative estimate of drug-likeness (QED) is 0.777. The Morgan fingerprint density at radius 2 is 1.92 bits per heavy atom. The molecule has 0 aromatic heterocycles. The summed E-state index contributed by atoms with van der Waals surface area (Å²) >= 11 is 0. The Kier molecular flexibility index (Phi) is 5.78. The molecule has 1 unspecified atom stereocenters. The number of amides is 1. The lowest BCUT2D eigenvalue weighted by Crippen LogP contribution is -2.41. The molecule has 0 fully saturated rings. The maximum Gasteiger partial charge on any atom is 0.241 e. The zero-order valence-corrected chi connectivity index (χ0v) is 15.6. The molecule has 1 atom stereocenters. The zero-order chi connectivity index (χ0) is 18.5. The number of rotatable bonds is 7. The van der Waals surface area contributed by atoms with Gasteiger partial charge in [-0.3, -0.25) is 4.79 Å². The monoisotopic (exact) mass is 354 g/mol. The van der Waals surface area contributed by atoms with E-state index in [9.17, 15) is 4.79 Å². The molecule has 1 aliphatic heterocycles. The summed E-state index contributed by atoms with van der Waals surface area (Å²) in [5, 5.41) is 3.26. The molecule has 0 aliphatic carbocycles. The van der Waals surface area contributed by atoms with E-state index in [1.165, 1.54) is 5.56 Å². The van der Waals surface area contributed by atoms with Gasteiger partial charge in [-0.15, -0.1) is 0 Å². The minimum absolute atomic E-state index is 0.120. The van der Waals surface area contributed by atoms with E-state index in [1.54, 1.807) is 14.2 Å². The van der Waals surface area contributed by atoms with Crippen molar-refractivity contribution in [1.29, 1.82) is 0 Å². The summed E-state index contributed by atoms with van der Waals surface area (Å²) in [7, 11) is 3.26. The summed E-state index contributed by atoms with van der Waals surface area (Å²) in [6.45, 7) is 3.17. The van der Waals surface area contributed by atoms with Gasteiger partial charge in [0.1, 0.15) is 0 Å². The van der Waals surface area contributed by atoms with Gasteiger partial charge in [0.2, 0.25) is 5.91 Å². The average Bonchev–Trinajstić information content (AvgIpc) is 3.00. The van der Waals surface area contributed by atoms with Crippen LogP contribution >= 0.6 is 0 Å². The second kappa shape index (κ2) is 8.23. The van der Waals surface area contributed by atoms with Gasteiger partial charge in [0.25, 0.3) is 0 Å². The number of nitrogens with zero attached hydrogens (tertiary/aromatic N) is 1. The Morgan fingerprint density at radius 1 is 1.15 bits per heavy atom. The average molecular weight is 354 g/mol. The molecular formula is C21H26N2O3. The Hall–Kier alpha value is -2.53. The second-order valence-electron chi connectivity index (χ2n) is 6.56. The third-order valence-electron chi connectivity index (χ3n) is 4.79. The number of hydrogen-bond acceptors (Lipinski definition) is 4. The number of ether oxygens (including phenoxy) is 2. The first-order chi connectivity index (χ1) is 12.6. The first-order valence-corrected chi connectivity index (χ1v) is 8.95. The fourth-order valence-electron chi connectivity index (χ4n) is 3.49. The van der Waals surface area contributed by atoms with Crippen LogP contribution in [0.5, 0.6) is 11.5 Å². The van der Waals surface area contributed by atoms with Crippen LogP contribution in [-0.2, 0) is 17.6 Å². The molecule has 2 aromatic carbocycles. The van der Waals surface area contributed by atoms with Crippen LogP contribution in [0.4, 0.5) is 5.69 Å². The number of carbonyl (C=O) groups is 1. The van der Waals surface area contributed by atoms with Crippen molar-refractivity contribution in [2.45, 2.75) is 25.8 Å². The molecule has 2 aromatic rings. The summed E-state index contributed by atoms with van der Waals surface area (Å²) in [4.78, 5) is 14.6. The standard InChI is InChI=1S/C21H26N2O3/c1-15-12-17-6-4-5-7-18(17)23(15)21(24)14-22-11-10-16-8-9-19(25-2)20(13-16)26-3/h4-9,13,15,22H,10-12,14H2,1-3H3. The van der Waals surface area contributed by atoms with E-state index in [4.69, 9.17) is 9.47 Å². The molecule has 0 spiro atoms. The summed E-state index contributed by atoms with van der Waals surface area (Å²) < 4.78 is 10.6. The molecule has 1 aliphatic rings. The smallest absolute Gasteiger partial charge is 0.241 e. The molecular weight excluding hydrogens is 328 g/mol. The molecule has 0 saturated heterocycles. The Morgan fingerprint density at radius 3 is 2.69 bits per heavy atom. The van der Waals surface area contributed by atoms with Crippen molar-refractivity contribution in [3.63, 3.8) is 0 Å². The highest BCUT2D eigenvalue weighted by molar-refractivity contribution is 5.97. The van der Waals surface area contributed by atoms with Crippen LogP contribution in [0, 0.1) is 0 Å². The first-order valence-electron chi connectivity index (χ1n) is 8.95. The van der Waals surface area contributed by atoms with E-state index < -0.39 is 0 Å². The second-order valence-corrected chi connectivity index (χ2v) is 6.56. The van der Waals surface area contributed by atoms with Gasteiger partial charge in [0, 0.05) is 11.7 Å². The molecule has 1 heterocycles. The van der Waals surface area contributed by atoms with Crippen molar-refractivity contribution in [3.8, 4) is 11.5 Å². The van der Waals surface area contributed by atoms with Crippen LogP contribution < -0.4 is 19.7 Å². The molecule has 3 rings (SSSR count). The van der Waals surface area contributed by atoms with E-state index in [-0.39, 0.29) is 11.9 Å². The topological polar surface area (TPSA) is 50.8 Å². The van der Waals surface area contributed by atoms with Crippen LogP contribution in [0.2, 0.25) is 0 Å². The van der Waals surface area contributed by atoms with Crippen LogP contribution in [0.15, 0.2) is 42.5 Å². The minimum Gasteiger partial charge on any atom is -0.493 e. The number of methoxy groups -OCH3 is 2. The van der Waals surface area contributed by atoms with E-state index >= 15 is 0 Å². The molecule has 0 bridgehead atoms. The lowest BCUT2D eigenvalue weighted by molar-refractivity contribution is -0.118. The molecule has 0 saturated carbocycles. The van der Waals surface area contributed by atoms with E-state index in [0.29, 0.717) is 6.54 Å². The molecule has 5 nitrogen and oxygen atoms in total. The van der Waals surface area contributed by atoms with Crippen LogP contribution in [0.25, 0.3) is 0 Å². The molecule has 1 N–H and O–H groups in total. The van der Waals surface area contributed by atoms with Gasteiger partial charge in [-0.2, -0.15) is 0 Å². The van der Waals surface area contributed by atoms with Crippen molar-refractivity contribution in [2.24, 2.45) is 0 Å². The summed E-state index contributed by atoms with van der Waals surface area (Å²) in [5.41, 5.74) is 3.44. The van der Waals surface area contributed by atoms with Gasteiger partial charge in [-0.25, -0.2) is 0 Å². The molecule has 138 valence electrons. The highest BCUT2D eigenvalue weighted by atomic mass is 16.5. The lowest BCUT2D eigenvalue weighted by atomic mass is 10.1. The molecule has 1 amide bonds. The van der Waals surface area contributed by atoms with Crippen LogP contribution in [0.3, 0.4) is 0 Å². The van der Waals surface area contributed by atoms with Gasteiger partial charge in [-0.1, -0.05) is 24.3 Å². The van der Waals surface area contributed by atoms with Crippen LogP contribution in [0.1, 0.15) is 18.1 Å². The summed E-state index contributed by atoms with van der Waals surface area (Å²) in [6, 6.07) is 14.3. The van der Waals surface area contributed by atoms with E-state index in [1.807, 2.05) is 41.3 Å². The number of benzene rings is 2. The number of anilines is 1. The minimum atomic E-state index is 0.120. The van der Waals surface area contributed by atoms with Gasteiger partial charge >= 0.3 is 0 Å². The van der Waals surface area contributed by atoms with E-state index in [0.717, 1.165) is 42.1 Å². The third kappa shape index (κ3) is 3.83. The van der Waals surface area contributed by atoms with E-state index in [2.05, 4.69) is 18.3 Å². The largest absolute Gasteiger partial charge is 0.493 e. The zero-order valence-electron chi connectivity index (χ0n) is 15.6. The Labute approximate surface area is 154 Å². The van der Waals surface area contributed by atoms with Crippen molar-refractivity contribution >= 4 is 11.6 Å². The Balaban J connectivity index is 1.52. The van der Waals surface area contributed by atoms with Crippen molar-refractivity contribution in [3.05, 3.63) is 53.6 Å². The number of carbonyl (C=O) groups excluding carboxylic acids is 1. The predicted molar refractivity (Wildman–Crippen MR) is 103 cm³/mol. The maximum absolute atomic E-state index is 12.6. The first kappa shape index (κ1) is 18.3. The highest BCUT2D eigenvalue weighted by Crippen LogP contribution is 2.31. The lowest BCUT2D eigenvalue weighted by Gasteiger charge is -2.23. The number of hydrogen-bond donors (Lipinski definition) is 1. The normalized spacial score (nSPS) is 15.7. The fourth-order valence-corrected chi connectivity index (χ4v) is 3.49. The maximum atomic E-state index is 12.6. The highest BCUT2D eigenvalue weighted by Gasteiger charge is 2.29. The molecule has 5 heteroatoms. The van der Waals surface area contributed by atoms with Gasteiger partial charge in [0.15, 0.2) is 11.5 Å². The Bertz CT molecular complexity index is 776. The number of nitrogens with one attached hydrogen (secondary N) is 1. The van der Waals surface area contributed by atoms with Gasteiger partial charge in [0.05, 0.1) is 20.8 Å². The fraction of sp³-hybridized carbons (Fsp3) is 0.381. The summed E-state index contributed by atoms with van der Waals surface area (Å²) in [6.07, 6.45) is 1.74. The van der Waals surface area contributed by atoms with Crippen LogP contribution in [-0.4, -0.2) is 39.3 Å². The SMILES string of the molecule is COc1ccc(CCNCC(=O)N2c3ccccc3CC2C)cc1OC. The molecule has 0 radical (unpaired) electrons. The van der Waals surface area contributed by atoms with Crippen molar-refractivity contribution in [2.75, 3.05) is 32.2 Å². The van der Waals surface area contributed by atoms with Gasteiger partial charge < -0.3 is 19.7 Å². The number of fused-ring (bicyclic) bond motifs is 1. The third-order valence-corrected chi connectivity index (χ3v) is 4.79. The van der Waals surface area contributed by atoms with Crippen molar-refractivity contribution < 1.29 is 14.3 Å². The number of para-hydroxylation sites is 1. The molecule has 26 heavy (non-hydrogen) atoms. The van der Waals surface area contributed by atoms with Gasteiger partial charge in [-0.05, 0) is 55.6 Å². The van der Waals surface area contributed by atoms with Crippen molar-refractivity contribution in [1.82, 2.24) is 5.32 Å². The predicted octanol–water partition coefficient (Wildman–Crippen LogP) is 2.81.